The number of halogens is 1. The number of carbonyl (C=O) groups excluding carboxylic acids is 3. The summed E-state index contributed by atoms with van der Waals surface area (Å²) < 4.78 is 0. The van der Waals surface area contributed by atoms with Gasteiger partial charge in [-0.15, -0.1) is 12.4 Å². The van der Waals surface area contributed by atoms with Crippen LogP contribution in [0.3, 0.4) is 0 Å². The van der Waals surface area contributed by atoms with Crippen molar-refractivity contribution in [1.82, 2.24) is 20.9 Å². The lowest BCUT2D eigenvalue weighted by Gasteiger charge is -2.29. The van der Waals surface area contributed by atoms with Crippen LogP contribution in [0.4, 0.5) is 0 Å². The summed E-state index contributed by atoms with van der Waals surface area (Å²) in [5.41, 5.74) is 2.28. The van der Waals surface area contributed by atoms with E-state index in [9.17, 15) is 14.4 Å². The molecule has 3 N–H and O–H groups in total. The molecule has 2 atom stereocenters. The number of hydrogen-bond donors (Lipinski definition) is 3. The summed E-state index contributed by atoms with van der Waals surface area (Å²) in [7, 11) is 0. The number of nitrogens with one attached hydrogen (secondary N) is 3. The Morgan fingerprint density at radius 3 is 2.33 bits per heavy atom. The average Bonchev–Trinajstić information content (AvgIpc) is 3.51. The van der Waals surface area contributed by atoms with Gasteiger partial charge in [-0.05, 0) is 73.5 Å². The first-order valence-corrected chi connectivity index (χ1v) is 15.6. The SMILES string of the molecule is CCC(CC)C(=O)N1CCC[C@H]1C(=O)N[C@H](Cc1ccc2ccccc2c1)C(=O)NCCCNCCc1ccccc1.Cl. The van der Waals surface area contributed by atoms with Gasteiger partial charge in [0.25, 0.3) is 0 Å². The third-order valence-corrected chi connectivity index (χ3v) is 8.32. The summed E-state index contributed by atoms with van der Waals surface area (Å²) in [4.78, 5) is 41.9. The summed E-state index contributed by atoms with van der Waals surface area (Å²) in [6.45, 7) is 6.81. The Hall–Kier alpha value is -3.42. The maximum atomic E-state index is 13.5. The molecule has 0 saturated carbocycles. The molecule has 4 rings (SSSR count). The molecule has 3 aromatic carbocycles. The predicted octanol–water partition coefficient (Wildman–Crippen LogP) is 5.05. The molecule has 1 fully saturated rings. The minimum atomic E-state index is -0.726. The summed E-state index contributed by atoms with van der Waals surface area (Å²) in [5, 5.41) is 11.7. The molecule has 1 aliphatic heterocycles. The van der Waals surface area contributed by atoms with Crippen molar-refractivity contribution in [1.29, 1.82) is 0 Å². The summed E-state index contributed by atoms with van der Waals surface area (Å²) >= 11 is 0. The van der Waals surface area contributed by atoms with Crippen molar-refractivity contribution in [3.8, 4) is 0 Å². The molecule has 3 amide bonds. The van der Waals surface area contributed by atoms with E-state index in [1.807, 2.05) is 50.2 Å². The number of hydrogen-bond acceptors (Lipinski definition) is 4. The van der Waals surface area contributed by atoms with Crippen LogP contribution >= 0.6 is 12.4 Å². The molecule has 0 spiro atoms. The van der Waals surface area contributed by atoms with Gasteiger partial charge >= 0.3 is 0 Å². The fraction of sp³-hybridized carbons (Fsp3) is 0.457. The van der Waals surface area contributed by atoms with E-state index in [0.717, 1.165) is 61.5 Å². The average molecular weight is 607 g/mol. The normalized spacial score (nSPS) is 15.2. The molecule has 1 aliphatic rings. The lowest BCUT2D eigenvalue weighted by atomic mass is 10.00. The molecule has 1 saturated heterocycles. The summed E-state index contributed by atoms with van der Waals surface area (Å²) in [5.74, 6) is -0.462. The van der Waals surface area contributed by atoms with Crippen LogP contribution < -0.4 is 16.0 Å². The van der Waals surface area contributed by atoms with Crippen LogP contribution in [0.25, 0.3) is 10.8 Å². The van der Waals surface area contributed by atoms with Crippen molar-refractivity contribution in [3.05, 3.63) is 83.9 Å². The zero-order valence-corrected chi connectivity index (χ0v) is 26.3. The molecule has 232 valence electrons. The molecule has 1 heterocycles. The van der Waals surface area contributed by atoms with E-state index in [1.165, 1.54) is 5.56 Å². The van der Waals surface area contributed by atoms with E-state index in [0.29, 0.717) is 25.9 Å². The van der Waals surface area contributed by atoms with Crippen molar-refractivity contribution >= 4 is 40.9 Å². The maximum Gasteiger partial charge on any atom is 0.243 e. The Bertz CT molecular complexity index is 1310. The Balaban J connectivity index is 0.00000506. The highest BCUT2D eigenvalue weighted by Gasteiger charge is 2.37. The van der Waals surface area contributed by atoms with E-state index in [1.54, 1.807) is 4.90 Å². The number of likely N-dealkylation sites (tertiary alicyclic amines) is 1. The Kier molecular flexibility index (Phi) is 14.0. The number of rotatable bonds is 15. The number of carbonyl (C=O) groups is 3. The van der Waals surface area contributed by atoms with E-state index in [4.69, 9.17) is 0 Å². The first kappa shape index (κ1) is 34.1. The molecule has 0 aliphatic carbocycles. The molecule has 0 unspecified atom stereocenters. The Morgan fingerprint density at radius 2 is 1.58 bits per heavy atom. The minimum Gasteiger partial charge on any atom is -0.354 e. The maximum absolute atomic E-state index is 13.5. The first-order valence-electron chi connectivity index (χ1n) is 15.6. The Morgan fingerprint density at radius 1 is 0.860 bits per heavy atom. The van der Waals surface area contributed by atoms with Crippen LogP contribution in [0, 0.1) is 5.92 Å². The van der Waals surface area contributed by atoms with Gasteiger partial charge in [-0.1, -0.05) is 86.6 Å². The molecule has 8 heteroatoms. The fourth-order valence-corrected chi connectivity index (χ4v) is 5.80. The van der Waals surface area contributed by atoms with Crippen molar-refractivity contribution in [2.45, 2.75) is 70.9 Å². The minimum absolute atomic E-state index is 0. The quantitative estimate of drug-likeness (QED) is 0.211. The van der Waals surface area contributed by atoms with Gasteiger partial charge in [-0.2, -0.15) is 0 Å². The van der Waals surface area contributed by atoms with Crippen molar-refractivity contribution in [2.24, 2.45) is 5.92 Å². The zero-order valence-electron chi connectivity index (χ0n) is 25.5. The lowest BCUT2D eigenvalue weighted by Crippen LogP contribution is -2.54. The zero-order chi connectivity index (χ0) is 29.7. The van der Waals surface area contributed by atoms with Gasteiger partial charge in [0.15, 0.2) is 0 Å². The van der Waals surface area contributed by atoms with Crippen LogP contribution in [-0.2, 0) is 27.2 Å². The third-order valence-electron chi connectivity index (χ3n) is 8.32. The second kappa shape index (κ2) is 17.6. The largest absolute Gasteiger partial charge is 0.354 e. The summed E-state index contributed by atoms with van der Waals surface area (Å²) in [6, 6.07) is 23.4. The van der Waals surface area contributed by atoms with Gasteiger partial charge in [0.1, 0.15) is 12.1 Å². The van der Waals surface area contributed by atoms with E-state index in [2.05, 4.69) is 52.3 Å². The van der Waals surface area contributed by atoms with Gasteiger partial charge < -0.3 is 20.9 Å². The topological polar surface area (TPSA) is 90.5 Å². The van der Waals surface area contributed by atoms with Gasteiger partial charge in [0.05, 0.1) is 0 Å². The van der Waals surface area contributed by atoms with E-state index < -0.39 is 12.1 Å². The Labute approximate surface area is 262 Å². The highest BCUT2D eigenvalue weighted by atomic mass is 35.5. The monoisotopic (exact) mass is 606 g/mol. The van der Waals surface area contributed by atoms with Crippen molar-refractivity contribution in [2.75, 3.05) is 26.2 Å². The predicted molar refractivity (Wildman–Crippen MR) is 176 cm³/mol. The second-order valence-electron chi connectivity index (χ2n) is 11.3. The smallest absolute Gasteiger partial charge is 0.243 e. The molecule has 7 nitrogen and oxygen atoms in total. The standard InChI is InChI=1S/C35H46N4O3.ClH/c1-3-28(4-2)35(42)39-23-10-16-32(39)34(41)38-31(25-27-17-18-29-14-8-9-15-30(29)24-27)33(40)37-21-11-20-36-22-19-26-12-6-5-7-13-26;/h5-9,12-15,17-18,24,28,31-32,36H,3-4,10-11,16,19-23,25H2,1-2H3,(H,37,40)(H,38,41);1H/t31-,32+;/m1./s1. The third kappa shape index (κ3) is 9.80. The second-order valence-corrected chi connectivity index (χ2v) is 11.3. The van der Waals surface area contributed by atoms with Gasteiger partial charge in [0, 0.05) is 25.4 Å². The number of nitrogens with zero attached hydrogens (tertiary/aromatic N) is 1. The van der Waals surface area contributed by atoms with E-state index in [-0.39, 0.29) is 36.0 Å². The molecule has 3 aromatic rings. The van der Waals surface area contributed by atoms with Crippen molar-refractivity contribution in [3.63, 3.8) is 0 Å². The number of benzene rings is 3. The molecule has 0 bridgehead atoms. The van der Waals surface area contributed by atoms with Crippen LogP contribution in [0.2, 0.25) is 0 Å². The van der Waals surface area contributed by atoms with Crippen LogP contribution in [0.5, 0.6) is 0 Å². The highest BCUT2D eigenvalue weighted by molar-refractivity contribution is 5.93. The lowest BCUT2D eigenvalue weighted by molar-refractivity contribution is -0.142. The van der Waals surface area contributed by atoms with Gasteiger partial charge in [-0.3, -0.25) is 14.4 Å². The molecular formula is C35H47ClN4O3. The first-order chi connectivity index (χ1) is 20.5. The van der Waals surface area contributed by atoms with Crippen LogP contribution in [-0.4, -0.2) is 60.9 Å². The molecule has 43 heavy (non-hydrogen) atoms. The molecular weight excluding hydrogens is 560 g/mol. The van der Waals surface area contributed by atoms with Crippen LogP contribution in [0.15, 0.2) is 72.8 Å². The fourth-order valence-electron chi connectivity index (χ4n) is 5.80. The van der Waals surface area contributed by atoms with Gasteiger partial charge in [0.2, 0.25) is 17.7 Å². The van der Waals surface area contributed by atoms with Crippen molar-refractivity contribution < 1.29 is 14.4 Å². The molecule has 0 radical (unpaired) electrons. The van der Waals surface area contributed by atoms with Gasteiger partial charge in [-0.25, -0.2) is 0 Å². The number of fused-ring (bicyclic) bond motifs is 1. The molecule has 0 aromatic heterocycles. The number of amides is 3. The highest BCUT2D eigenvalue weighted by Crippen LogP contribution is 2.23. The van der Waals surface area contributed by atoms with E-state index >= 15 is 0 Å². The van der Waals surface area contributed by atoms with Crippen LogP contribution in [0.1, 0.15) is 57.1 Å². The summed E-state index contributed by atoms with van der Waals surface area (Å²) in [6.07, 6.45) is 5.06.